The molecular weight excluding hydrogens is 658 g/mol. The monoisotopic (exact) mass is 721 g/mol. The number of carbonyl (C=O) groups excluding carboxylic acids is 5. The van der Waals surface area contributed by atoms with E-state index in [0.29, 0.717) is 12.8 Å². The van der Waals surface area contributed by atoms with E-state index in [0.717, 1.165) is 29.0 Å². The summed E-state index contributed by atoms with van der Waals surface area (Å²) in [7, 11) is 0. The number of hydrogen-bond acceptors (Lipinski definition) is 6. The molecule has 0 fully saturated rings. The van der Waals surface area contributed by atoms with Crippen molar-refractivity contribution in [3.8, 4) is 0 Å². The third-order valence-corrected chi connectivity index (χ3v) is 9.46. The summed E-state index contributed by atoms with van der Waals surface area (Å²) in [6.45, 7) is 15.4. The Kier molecular flexibility index (Phi) is 19.1. The Morgan fingerprint density at radius 2 is 1.29 bits per heavy atom. The molecule has 5 N–H and O–H groups in total. The zero-order valence-electron chi connectivity index (χ0n) is 32.5. The normalized spacial score (nSPS) is 14.2. The van der Waals surface area contributed by atoms with Gasteiger partial charge in [0, 0.05) is 12.5 Å². The Bertz CT molecular complexity index is 1400. The molecule has 0 aliphatic heterocycles. The molecule has 5 amide bonds. The minimum Gasteiger partial charge on any atom is -0.390 e. The standard InChI is InChI=1S/C41H63N5O6/c1-9-29(8)38(40(51)42-32(10-2)11-3)44-35(48)26-34(47)33(24-30-18-14-12-15-19-30)43-41(52)39(28(6)7)46(37(50)23-22-27(4)5)45-36(49)25-31-20-16-13-17-21-31/h12-21,27-29,32-34,38-39,47H,9-11,22-26H2,1-8H3,(H,42,51)(H,43,52)(H,44,48)(H,45,49)/t29-,33?,34?,38-,39?/m0/s1. The predicted molar refractivity (Wildman–Crippen MR) is 204 cm³/mol. The van der Waals surface area contributed by atoms with E-state index < -0.39 is 53.8 Å². The highest BCUT2D eigenvalue weighted by Crippen LogP contribution is 2.17. The molecule has 0 radical (unpaired) electrons. The van der Waals surface area contributed by atoms with Crippen LogP contribution in [0.25, 0.3) is 0 Å². The lowest BCUT2D eigenvalue weighted by Crippen LogP contribution is -2.61. The van der Waals surface area contributed by atoms with Gasteiger partial charge < -0.3 is 21.1 Å². The quantitative estimate of drug-likeness (QED) is 0.116. The van der Waals surface area contributed by atoms with Crippen LogP contribution in [-0.4, -0.2) is 69.9 Å². The molecule has 0 saturated carbocycles. The highest BCUT2D eigenvalue weighted by atomic mass is 16.3. The van der Waals surface area contributed by atoms with Crippen molar-refractivity contribution < 1.29 is 29.1 Å². The molecule has 52 heavy (non-hydrogen) atoms. The number of benzene rings is 2. The van der Waals surface area contributed by atoms with Crippen molar-refractivity contribution in [1.29, 1.82) is 0 Å². The minimum absolute atomic E-state index is 0.0128. The van der Waals surface area contributed by atoms with Crippen molar-refractivity contribution in [3.05, 3.63) is 71.8 Å². The largest absolute Gasteiger partial charge is 0.390 e. The smallest absolute Gasteiger partial charge is 0.245 e. The maximum absolute atomic E-state index is 14.2. The van der Waals surface area contributed by atoms with E-state index in [9.17, 15) is 29.1 Å². The maximum atomic E-state index is 14.2. The third kappa shape index (κ3) is 14.8. The molecule has 5 atom stereocenters. The molecule has 2 rings (SSSR count). The van der Waals surface area contributed by atoms with Gasteiger partial charge in [-0.2, -0.15) is 0 Å². The van der Waals surface area contributed by atoms with Crippen LogP contribution in [0.4, 0.5) is 0 Å². The molecule has 0 heterocycles. The second kappa shape index (κ2) is 22.6. The molecule has 0 saturated heterocycles. The number of carbonyl (C=O) groups is 5. The first-order valence-electron chi connectivity index (χ1n) is 19.0. The molecule has 0 spiro atoms. The van der Waals surface area contributed by atoms with Crippen molar-refractivity contribution >= 4 is 29.5 Å². The molecule has 288 valence electrons. The average molecular weight is 722 g/mol. The SMILES string of the molecule is CCC(CC)NC(=O)[C@@H](NC(=O)CC(O)C(Cc1ccccc1)NC(=O)C(C(C)C)N(NC(=O)Cc1ccccc1)C(=O)CCC(C)C)[C@@H](C)CC. The first-order chi connectivity index (χ1) is 24.7. The lowest BCUT2D eigenvalue weighted by molar-refractivity contribution is -0.151. The molecular formula is C41H63N5O6. The molecule has 2 aromatic carbocycles. The number of hydrogen-bond donors (Lipinski definition) is 5. The fourth-order valence-electron chi connectivity index (χ4n) is 5.96. The van der Waals surface area contributed by atoms with Gasteiger partial charge in [0.05, 0.1) is 25.0 Å². The molecule has 0 aliphatic rings. The van der Waals surface area contributed by atoms with Crippen molar-refractivity contribution in [2.24, 2.45) is 17.8 Å². The number of aliphatic hydroxyl groups is 1. The minimum atomic E-state index is -1.34. The van der Waals surface area contributed by atoms with Gasteiger partial charge in [-0.15, -0.1) is 0 Å². The van der Waals surface area contributed by atoms with Crippen LogP contribution < -0.4 is 21.4 Å². The second-order valence-corrected chi connectivity index (χ2v) is 14.6. The van der Waals surface area contributed by atoms with E-state index in [1.165, 1.54) is 0 Å². The van der Waals surface area contributed by atoms with E-state index >= 15 is 0 Å². The number of amides is 5. The van der Waals surface area contributed by atoms with E-state index in [1.807, 2.05) is 102 Å². The second-order valence-electron chi connectivity index (χ2n) is 14.6. The Morgan fingerprint density at radius 3 is 1.81 bits per heavy atom. The molecule has 2 aromatic rings. The van der Waals surface area contributed by atoms with Crippen LogP contribution in [0.5, 0.6) is 0 Å². The average Bonchev–Trinajstić information content (AvgIpc) is 3.11. The zero-order chi connectivity index (χ0) is 38.8. The Balaban J connectivity index is 2.36. The number of aliphatic hydroxyl groups excluding tert-OH is 1. The van der Waals surface area contributed by atoms with Crippen LogP contribution in [0.3, 0.4) is 0 Å². The highest BCUT2D eigenvalue weighted by Gasteiger charge is 2.37. The van der Waals surface area contributed by atoms with Crippen LogP contribution in [0.15, 0.2) is 60.7 Å². The summed E-state index contributed by atoms with van der Waals surface area (Å²) in [5.41, 5.74) is 4.30. The van der Waals surface area contributed by atoms with Crippen molar-refractivity contribution in [1.82, 2.24) is 26.4 Å². The molecule has 0 bridgehead atoms. The van der Waals surface area contributed by atoms with Gasteiger partial charge in [0.15, 0.2) is 0 Å². The van der Waals surface area contributed by atoms with Gasteiger partial charge in [0.2, 0.25) is 29.5 Å². The topological polar surface area (TPSA) is 157 Å². The summed E-state index contributed by atoms with van der Waals surface area (Å²) >= 11 is 0. The zero-order valence-corrected chi connectivity index (χ0v) is 32.5. The lowest BCUT2D eigenvalue weighted by atomic mass is 9.95. The van der Waals surface area contributed by atoms with E-state index in [2.05, 4.69) is 21.4 Å². The van der Waals surface area contributed by atoms with Gasteiger partial charge in [-0.3, -0.25) is 29.4 Å². The summed E-state index contributed by atoms with van der Waals surface area (Å²) in [5.74, 6) is -2.56. The maximum Gasteiger partial charge on any atom is 0.245 e. The summed E-state index contributed by atoms with van der Waals surface area (Å²) in [5, 5.41) is 21.5. The molecule has 11 nitrogen and oxygen atoms in total. The number of nitrogens with one attached hydrogen (secondary N) is 4. The Hall–Kier alpha value is -4.25. The van der Waals surface area contributed by atoms with Gasteiger partial charge in [0.25, 0.3) is 0 Å². The summed E-state index contributed by atoms with van der Waals surface area (Å²) < 4.78 is 0. The fourth-order valence-corrected chi connectivity index (χ4v) is 5.96. The van der Waals surface area contributed by atoms with Crippen LogP contribution in [0.1, 0.15) is 105 Å². The van der Waals surface area contributed by atoms with Crippen LogP contribution >= 0.6 is 0 Å². The molecule has 3 unspecified atom stereocenters. The van der Waals surface area contributed by atoms with Crippen LogP contribution in [0.2, 0.25) is 0 Å². The van der Waals surface area contributed by atoms with Crippen LogP contribution in [-0.2, 0) is 36.8 Å². The molecule has 0 aromatic heterocycles. The number of hydrazine groups is 1. The Labute approximate surface area is 311 Å². The first-order valence-corrected chi connectivity index (χ1v) is 19.0. The first kappa shape index (κ1) is 43.9. The van der Waals surface area contributed by atoms with Gasteiger partial charge >= 0.3 is 0 Å². The van der Waals surface area contributed by atoms with Gasteiger partial charge in [0.1, 0.15) is 12.1 Å². The van der Waals surface area contributed by atoms with Crippen LogP contribution in [0, 0.1) is 17.8 Å². The van der Waals surface area contributed by atoms with Gasteiger partial charge in [-0.25, -0.2) is 5.01 Å². The van der Waals surface area contributed by atoms with E-state index in [4.69, 9.17) is 0 Å². The van der Waals surface area contributed by atoms with Gasteiger partial charge in [-0.1, -0.05) is 122 Å². The van der Waals surface area contributed by atoms with Gasteiger partial charge in [-0.05, 0) is 54.6 Å². The molecule has 11 heteroatoms. The summed E-state index contributed by atoms with van der Waals surface area (Å²) in [4.78, 5) is 67.8. The van der Waals surface area contributed by atoms with Crippen molar-refractivity contribution in [2.75, 3.05) is 0 Å². The van der Waals surface area contributed by atoms with E-state index in [-0.39, 0.29) is 49.5 Å². The lowest BCUT2D eigenvalue weighted by Gasteiger charge is -2.35. The number of rotatable bonds is 21. The fraction of sp³-hybridized carbons (Fsp3) is 0.585. The summed E-state index contributed by atoms with van der Waals surface area (Å²) in [6, 6.07) is 15.5. The third-order valence-electron chi connectivity index (χ3n) is 9.46. The Morgan fingerprint density at radius 1 is 0.712 bits per heavy atom. The summed E-state index contributed by atoms with van der Waals surface area (Å²) in [6.07, 6.45) is 1.36. The highest BCUT2D eigenvalue weighted by molar-refractivity contribution is 5.91. The molecule has 0 aliphatic carbocycles. The van der Waals surface area contributed by atoms with Crippen molar-refractivity contribution in [2.45, 2.75) is 137 Å². The van der Waals surface area contributed by atoms with Crippen molar-refractivity contribution in [3.63, 3.8) is 0 Å². The van der Waals surface area contributed by atoms with E-state index in [1.54, 1.807) is 13.8 Å². The predicted octanol–water partition coefficient (Wildman–Crippen LogP) is 4.86. The number of nitrogens with zero attached hydrogens (tertiary/aromatic N) is 1.